The van der Waals surface area contributed by atoms with Crippen molar-refractivity contribution in [3.05, 3.63) is 35.9 Å². The topological polar surface area (TPSA) is 183 Å². The van der Waals surface area contributed by atoms with E-state index in [0.717, 1.165) is 0 Å². The van der Waals surface area contributed by atoms with E-state index >= 15 is 0 Å². The van der Waals surface area contributed by atoms with Crippen molar-refractivity contribution in [2.45, 2.75) is 69.3 Å². The zero-order valence-electron chi connectivity index (χ0n) is 17.8. The van der Waals surface area contributed by atoms with Gasteiger partial charge in [0.2, 0.25) is 6.29 Å². The minimum absolute atomic E-state index is 0.195. The predicted molar refractivity (Wildman–Crippen MR) is 107 cm³/mol. The molecule has 1 aromatic rings. The van der Waals surface area contributed by atoms with Crippen LogP contribution in [0, 0.1) is 5.92 Å². The zero-order chi connectivity index (χ0) is 24.1. The van der Waals surface area contributed by atoms with Crippen molar-refractivity contribution in [1.82, 2.24) is 0 Å². The molecule has 3 unspecified atom stereocenters. The van der Waals surface area contributed by atoms with Gasteiger partial charge >= 0.3 is 11.9 Å². The summed E-state index contributed by atoms with van der Waals surface area (Å²) in [5.74, 6) is -2.91. The molecule has 1 aliphatic heterocycles. The number of carbonyl (C=O) groups is 2. The number of carbonyl (C=O) groups excluding carboxylic acids is 1. The van der Waals surface area contributed by atoms with Crippen LogP contribution < -0.4 is 0 Å². The van der Waals surface area contributed by atoms with Crippen LogP contribution in [0.25, 0.3) is 0 Å². The molecule has 0 aliphatic carbocycles. The van der Waals surface area contributed by atoms with Crippen molar-refractivity contribution in [1.29, 1.82) is 0 Å². The lowest BCUT2D eigenvalue weighted by Gasteiger charge is -2.40. The number of ether oxygens (including phenoxy) is 3. The largest absolute Gasteiger partial charge is 0.481 e. The van der Waals surface area contributed by atoms with Crippen LogP contribution in [0.2, 0.25) is 0 Å². The summed E-state index contributed by atoms with van der Waals surface area (Å²) in [5, 5.41) is 59.4. The molecule has 7 atom stereocenters. The van der Waals surface area contributed by atoms with Gasteiger partial charge in [0.05, 0.1) is 13.0 Å². The maximum absolute atomic E-state index is 12.8. The average molecular weight is 458 g/mol. The van der Waals surface area contributed by atoms with E-state index in [1.165, 1.54) is 12.1 Å². The second kappa shape index (κ2) is 11.1. The third-order valence-electron chi connectivity index (χ3n) is 4.96. The number of carboxylic acids is 1. The standard InChI is InChI=1S/C21H30O11/c1-11(2)8-21(29,9-14(23)24)20(28)32-18(12-6-4-3-5-7-12)31-19-17(27)16(26)15(25)13(10-22)30-19/h3-7,11,13,15-19,22,25-27,29H,8-10H2,1-2H3,(H,23,24)/t13-,15-,16+,17-,18?,19?,21?/m1/s1. The summed E-state index contributed by atoms with van der Waals surface area (Å²) < 4.78 is 16.2. The molecule has 1 saturated heterocycles. The lowest BCUT2D eigenvalue weighted by atomic mass is 9.89. The fourth-order valence-electron chi connectivity index (χ4n) is 3.45. The molecule has 0 radical (unpaired) electrons. The van der Waals surface area contributed by atoms with Crippen LogP contribution >= 0.6 is 0 Å². The van der Waals surface area contributed by atoms with E-state index in [-0.39, 0.29) is 17.9 Å². The van der Waals surface area contributed by atoms with Crippen molar-refractivity contribution < 1.29 is 54.4 Å². The molecule has 0 amide bonds. The Kier molecular flexibility index (Phi) is 9.10. The fraction of sp³-hybridized carbons (Fsp3) is 0.619. The number of benzene rings is 1. The van der Waals surface area contributed by atoms with Crippen LogP contribution in [0.4, 0.5) is 0 Å². The van der Waals surface area contributed by atoms with E-state index in [0.29, 0.717) is 0 Å². The molecule has 11 heteroatoms. The summed E-state index contributed by atoms with van der Waals surface area (Å²) >= 11 is 0. The summed E-state index contributed by atoms with van der Waals surface area (Å²) in [5.41, 5.74) is -2.08. The van der Waals surface area contributed by atoms with Crippen LogP contribution in [0.3, 0.4) is 0 Å². The van der Waals surface area contributed by atoms with Crippen LogP contribution in [-0.4, -0.2) is 85.5 Å². The molecule has 1 heterocycles. The quantitative estimate of drug-likeness (QED) is 0.192. The van der Waals surface area contributed by atoms with Gasteiger partial charge in [-0.05, 0) is 12.3 Å². The van der Waals surface area contributed by atoms with Crippen molar-refractivity contribution in [3.8, 4) is 0 Å². The fourth-order valence-corrected chi connectivity index (χ4v) is 3.45. The second-order valence-electron chi connectivity index (χ2n) is 8.18. The van der Waals surface area contributed by atoms with Gasteiger partial charge in [-0.3, -0.25) is 4.79 Å². The maximum atomic E-state index is 12.8. The average Bonchev–Trinajstić information content (AvgIpc) is 2.72. The first-order valence-corrected chi connectivity index (χ1v) is 10.1. The van der Waals surface area contributed by atoms with Crippen LogP contribution in [0.1, 0.15) is 38.5 Å². The van der Waals surface area contributed by atoms with Crippen molar-refractivity contribution in [2.75, 3.05) is 6.61 Å². The lowest BCUT2D eigenvalue weighted by molar-refractivity contribution is -0.336. The van der Waals surface area contributed by atoms with Gasteiger partial charge in [0.25, 0.3) is 0 Å². The predicted octanol–water partition coefficient (Wildman–Crippen LogP) is -0.703. The van der Waals surface area contributed by atoms with Crippen molar-refractivity contribution in [2.24, 2.45) is 5.92 Å². The molecular formula is C21H30O11. The molecule has 32 heavy (non-hydrogen) atoms. The normalized spacial score (nSPS) is 28.7. The van der Waals surface area contributed by atoms with Gasteiger partial charge in [-0.25, -0.2) is 4.79 Å². The Labute approximate surface area is 184 Å². The summed E-state index contributed by atoms with van der Waals surface area (Å²) in [6, 6.07) is 7.91. The molecule has 1 fully saturated rings. The highest BCUT2D eigenvalue weighted by Gasteiger charge is 2.47. The van der Waals surface area contributed by atoms with Gasteiger partial charge < -0.3 is 44.8 Å². The molecule has 11 nitrogen and oxygen atoms in total. The number of aliphatic carboxylic acids is 1. The second-order valence-corrected chi connectivity index (χ2v) is 8.18. The van der Waals surface area contributed by atoms with E-state index in [1.54, 1.807) is 32.0 Å². The highest BCUT2D eigenvalue weighted by molar-refractivity contribution is 5.85. The number of aliphatic hydroxyl groups is 5. The lowest BCUT2D eigenvalue weighted by Crippen LogP contribution is -2.59. The highest BCUT2D eigenvalue weighted by Crippen LogP contribution is 2.31. The van der Waals surface area contributed by atoms with E-state index in [4.69, 9.17) is 19.3 Å². The Hall–Kier alpha value is -2.12. The minimum atomic E-state index is -2.34. The molecule has 6 N–H and O–H groups in total. The number of hydrogen-bond acceptors (Lipinski definition) is 10. The summed E-state index contributed by atoms with van der Waals surface area (Å²) in [4.78, 5) is 24.1. The van der Waals surface area contributed by atoms with E-state index in [1.807, 2.05) is 0 Å². The third-order valence-corrected chi connectivity index (χ3v) is 4.96. The zero-order valence-corrected chi connectivity index (χ0v) is 17.8. The Morgan fingerprint density at radius 1 is 1.09 bits per heavy atom. The molecule has 2 rings (SSSR count). The molecule has 1 aromatic carbocycles. The Bertz CT molecular complexity index is 753. The summed E-state index contributed by atoms with van der Waals surface area (Å²) in [6.07, 6.45) is -10.6. The van der Waals surface area contributed by atoms with Crippen molar-refractivity contribution in [3.63, 3.8) is 0 Å². The molecule has 0 saturated carbocycles. The molecule has 0 bridgehead atoms. The third kappa shape index (κ3) is 6.45. The number of esters is 1. The Morgan fingerprint density at radius 2 is 1.72 bits per heavy atom. The number of rotatable bonds is 10. The summed E-state index contributed by atoms with van der Waals surface area (Å²) in [7, 11) is 0. The first-order valence-electron chi connectivity index (χ1n) is 10.1. The molecule has 180 valence electrons. The molecular weight excluding hydrogens is 428 g/mol. The van der Waals surface area contributed by atoms with Crippen molar-refractivity contribution >= 4 is 11.9 Å². The monoisotopic (exact) mass is 458 g/mol. The maximum Gasteiger partial charge on any atom is 0.341 e. The Morgan fingerprint density at radius 3 is 2.25 bits per heavy atom. The van der Waals surface area contributed by atoms with Gasteiger partial charge in [0.1, 0.15) is 24.4 Å². The van der Waals surface area contributed by atoms with Crippen LogP contribution in [0.5, 0.6) is 0 Å². The van der Waals surface area contributed by atoms with Gasteiger partial charge in [-0.2, -0.15) is 0 Å². The smallest absolute Gasteiger partial charge is 0.341 e. The van der Waals surface area contributed by atoms with Gasteiger partial charge in [-0.15, -0.1) is 0 Å². The number of carboxylic acid groups (broad SMARTS) is 1. The molecule has 0 spiro atoms. The number of hydrogen-bond donors (Lipinski definition) is 6. The van der Waals surface area contributed by atoms with Gasteiger partial charge in [0.15, 0.2) is 11.9 Å². The minimum Gasteiger partial charge on any atom is -0.481 e. The SMILES string of the molecule is CC(C)CC(O)(CC(=O)O)C(=O)OC(OC1O[C@H](CO)[C@@H](O)[C@H](O)[C@H]1O)c1ccccc1. The molecule has 0 aromatic heterocycles. The van der Waals surface area contributed by atoms with E-state index < -0.39 is 67.6 Å². The van der Waals surface area contributed by atoms with Crippen LogP contribution in [0.15, 0.2) is 30.3 Å². The van der Waals surface area contributed by atoms with E-state index in [9.17, 15) is 35.1 Å². The van der Waals surface area contributed by atoms with Crippen LogP contribution in [-0.2, 0) is 23.8 Å². The summed E-state index contributed by atoms with van der Waals surface area (Å²) in [6.45, 7) is 2.70. The first-order chi connectivity index (χ1) is 15.0. The van der Waals surface area contributed by atoms with E-state index in [2.05, 4.69) is 0 Å². The Balaban J connectivity index is 2.30. The van der Waals surface area contributed by atoms with Gasteiger partial charge in [-0.1, -0.05) is 44.2 Å². The number of aliphatic hydroxyl groups excluding tert-OH is 4. The highest BCUT2D eigenvalue weighted by atomic mass is 16.8. The first kappa shape index (κ1) is 26.1. The molecule has 1 aliphatic rings. The van der Waals surface area contributed by atoms with Gasteiger partial charge in [0, 0.05) is 5.56 Å².